The van der Waals surface area contributed by atoms with Crippen LogP contribution in [0.4, 0.5) is 0 Å². The Kier molecular flexibility index (Phi) is 4.36. The summed E-state index contributed by atoms with van der Waals surface area (Å²) < 4.78 is 0. The summed E-state index contributed by atoms with van der Waals surface area (Å²) in [5, 5.41) is 6.75. The number of hydrogen-bond acceptors (Lipinski definition) is 2. The zero-order valence-corrected chi connectivity index (χ0v) is 13.6. The Morgan fingerprint density at radius 2 is 2.10 bits per heavy atom. The number of hydrogen-bond donors (Lipinski definition) is 2. The predicted octanol–water partition coefficient (Wildman–Crippen LogP) is 4.65. The van der Waals surface area contributed by atoms with Gasteiger partial charge in [-0.25, -0.2) is 0 Å². The zero-order valence-electron chi connectivity index (χ0n) is 12.0. The number of H-pyrrole nitrogens is 1. The van der Waals surface area contributed by atoms with Crippen molar-refractivity contribution in [1.29, 1.82) is 0 Å². The molecule has 2 heterocycles. The highest BCUT2D eigenvalue weighted by Gasteiger charge is 2.14. The summed E-state index contributed by atoms with van der Waals surface area (Å²) in [5.41, 5.74) is 3.57. The van der Waals surface area contributed by atoms with E-state index in [2.05, 4.69) is 59.0 Å². The molecule has 1 aromatic carbocycles. The maximum atomic E-state index is 5.60. The normalized spacial score (nSPS) is 10.9. The summed E-state index contributed by atoms with van der Waals surface area (Å²) in [6, 6.07) is 12.6. The number of nitrogens with one attached hydrogen (secondary N) is 2. The molecule has 21 heavy (non-hydrogen) atoms. The number of rotatable bonds is 5. The van der Waals surface area contributed by atoms with E-state index in [1.165, 1.54) is 15.8 Å². The van der Waals surface area contributed by atoms with Crippen molar-refractivity contribution < 1.29 is 0 Å². The van der Waals surface area contributed by atoms with Crippen LogP contribution in [-0.4, -0.2) is 9.97 Å². The Morgan fingerprint density at radius 3 is 2.86 bits per heavy atom. The van der Waals surface area contributed by atoms with E-state index in [1.807, 2.05) is 0 Å². The van der Waals surface area contributed by atoms with Crippen LogP contribution in [0.25, 0.3) is 10.9 Å². The molecule has 2 N–H and O–H groups in total. The highest BCUT2D eigenvalue weighted by molar-refractivity contribution is 7.80. The van der Waals surface area contributed by atoms with E-state index in [0.29, 0.717) is 0 Å². The standard InChI is InChI=1S/C17H18N2S2/c1-2-6-14-13-8-3-4-9-15(13)19-16(14)17(20)18-11-12-7-5-10-21-12/h3-5,7-10,19H,2,6,11H2,1H3,(H,18,20). The quantitative estimate of drug-likeness (QED) is 0.671. The minimum absolute atomic E-state index is 0.789. The van der Waals surface area contributed by atoms with Gasteiger partial charge in [-0.3, -0.25) is 0 Å². The van der Waals surface area contributed by atoms with E-state index in [1.54, 1.807) is 11.3 Å². The maximum Gasteiger partial charge on any atom is 0.123 e. The molecule has 4 heteroatoms. The lowest BCUT2D eigenvalue weighted by atomic mass is 10.1. The number of thiocarbonyl (C=S) groups is 1. The molecule has 0 fully saturated rings. The molecule has 0 radical (unpaired) electrons. The molecule has 0 spiro atoms. The number of aryl methyl sites for hydroxylation is 1. The van der Waals surface area contributed by atoms with Crippen molar-refractivity contribution in [2.75, 3.05) is 0 Å². The minimum atomic E-state index is 0.789. The fourth-order valence-corrected chi connectivity index (χ4v) is 3.46. The van der Waals surface area contributed by atoms with E-state index in [-0.39, 0.29) is 0 Å². The maximum absolute atomic E-state index is 5.60. The first-order valence-electron chi connectivity index (χ1n) is 7.19. The summed E-state index contributed by atoms with van der Waals surface area (Å²) in [4.78, 5) is 5.58. The second-order valence-electron chi connectivity index (χ2n) is 5.04. The van der Waals surface area contributed by atoms with E-state index >= 15 is 0 Å². The van der Waals surface area contributed by atoms with Gasteiger partial charge in [-0.1, -0.05) is 49.8 Å². The van der Waals surface area contributed by atoms with Crippen molar-refractivity contribution in [3.63, 3.8) is 0 Å². The predicted molar refractivity (Wildman–Crippen MR) is 95.2 cm³/mol. The van der Waals surface area contributed by atoms with E-state index in [4.69, 9.17) is 12.2 Å². The lowest BCUT2D eigenvalue weighted by Gasteiger charge is -2.08. The fraction of sp³-hybridized carbons (Fsp3) is 0.235. The lowest BCUT2D eigenvalue weighted by Crippen LogP contribution is -2.22. The number of fused-ring (bicyclic) bond motifs is 1. The second kappa shape index (κ2) is 6.41. The molecular formula is C17H18N2S2. The molecule has 0 aliphatic heterocycles. The number of thiophene rings is 1. The molecule has 0 aliphatic rings. The molecule has 108 valence electrons. The summed E-state index contributed by atoms with van der Waals surface area (Å²) >= 11 is 7.35. The van der Waals surface area contributed by atoms with E-state index in [0.717, 1.165) is 35.6 Å². The topological polar surface area (TPSA) is 27.8 Å². The average Bonchev–Trinajstić information content (AvgIpc) is 3.13. The Bertz CT molecular complexity index is 741. The van der Waals surface area contributed by atoms with Crippen molar-refractivity contribution in [2.24, 2.45) is 0 Å². The van der Waals surface area contributed by atoms with E-state index < -0.39 is 0 Å². The number of aromatic nitrogens is 1. The SMILES string of the molecule is CCCc1c(C(=S)NCc2cccs2)[nH]c2ccccc12. The Hall–Kier alpha value is -1.65. The fourth-order valence-electron chi connectivity index (χ4n) is 2.57. The molecule has 0 bridgehead atoms. The monoisotopic (exact) mass is 314 g/mol. The molecular weight excluding hydrogens is 296 g/mol. The number of aromatic amines is 1. The highest BCUT2D eigenvalue weighted by atomic mass is 32.1. The first-order chi connectivity index (χ1) is 10.3. The molecule has 0 aliphatic carbocycles. The second-order valence-corrected chi connectivity index (χ2v) is 6.48. The van der Waals surface area contributed by atoms with Crippen molar-refractivity contribution in [2.45, 2.75) is 26.3 Å². The molecule has 2 aromatic heterocycles. The van der Waals surface area contributed by atoms with Crippen LogP contribution in [0, 0.1) is 0 Å². The van der Waals surface area contributed by atoms with Gasteiger partial charge in [0.15, 0.2) is 0 Å². The smallest absolute Gasteiger partial charge is 0.123 e. The Morgan fingerprint density at radius 1 is 1.24 bits per heavy atom. The van der Waals surface area contributed by atoms with Crippen LogP contribution in [0.5, 0.6) is 0 Å². The summed E-state index contributed by atoms with van der Waals surface area (Å²) in [6.45, 7) is 2.99. The van der Waals surface area contributed by atoms with Crippen molar-refractivity contribution in [3.8, 4) is 0 Å². The summed E-state index contributed by atoms with van der Waals surface area (Å²) in [7, 11) is 0. The molecule has 0 amide bonds. The highest BCUT2D eigenvalue weighted by Crippen LogP contribution is 2.24. The van der Waals surface area contributed by atoms with Gasteiger partial charge >= 0.3 is 0 Å². The van der Waals surface area contributed by atoms with Crippen LogP contribution < -0.4 is 5.32 Å². The van der Waals surface area contributed by atoms with Gasteiger partial charge in [0.1, 0.15) is 4.99 Å². The third kappa shape index (κ3) is 3.01. The van der Waals surface area contributed by atoms with E-state index in [9.17, 15) is 0 Å². The first kappa shape index (κ1) is 14.3. The molecule has 0 atom stereocenters. The molecule has 3 aromatic rings. The van der Waals surface area contributed by atoms with Crippen molar-refractivity contribution >= 4 is 39.4 Å². The minimum Gasteiger partial charge on any atom is -0.370 e. The Labute approximate surface area is 134 Å². The third-order valence-electron chi connectivity index (χ3n) is 3.54. The number of para-hydroxylation sites is 1. The van der Waals surface area contributed by atoms with Gasteiger partial charge in [0.05, 0.1) is 12.2 Å². The molecule has 0 unspecified atom stereocenters. The lowest BCUT2D eigenvalue weighted by molar-refractivity contribution is 0.913. The Balaban J connectivity index is 1.87. The average molecular weight is 314 g/mol. The largest absolute Gasteiger partial charge is 0.370 e. The molecule has 3 rings (SSSR count). The van der Waals surface area contributed by atoms with Crippen LogP contribution in [0.3, 0.4) is 0 Å². The number of benzene rings is 1. The van der Waals surface area contributed by atoms with Crippen molar-refractivity contribution in [1.82, 2.24) is 10.3 Å². The third-order valence-corrected chi connectivity index (χ3v) is 4.77. The van der Waals surface area contributed by atoms with Gasteiger partial charge < -0.3 is 10.3 Å². The summed E-state index contributed by atoms with van der Waals surface area (Å²) in [6.07, 6.45) is 2.16. The van der Waals surface area contributed by atoms with Crippen LogP contribution in [-0.2, 0) is 13.0 Å². The van der Waals surface area contributed by atoms with Gasteiger partial charge in [0.25, 0.3) is 0 Å². The van der Waals surface area contributed by atoms with Crippen LogP contribution in [0.15, 0.2) is 41.8 Å². The first-order valence-corrected chi connectivity index (χ1v) is 8.48. The molecule has 0 saturated carbocycles. The molecule has 2 nitrogen and oxygen atoms in total. The van der Waals surface area contributed by atoms with Gasteiger partial charge in [-0.15, -0.1) is 11.3 Å². The van der Waals surface area contributed by atoms with Gasteiger partial charge in [-0.2, -0.15) is 0 Å². The van der Waals surface area contributed by atoms with Gasteiger partial charge in [0, 0.05) is 15.8 Å². The van der Waals surface area contributed by atoms with Gasteiger partial charge in [-0.05, 0) is 29.5 Å². The van der Waals surface area contributed by atoms with Gasteiger partial charge in [0.2, 0.25) is 0 Å². The zero-order chi connectivity index (χ0) is 14.7. The van der Waals surface area contributed by atoms with Crippen molar-refractivity contribution in [3.05, 3.63) is 57.9 Å². The summed E-state index contributed by atoms with van der Waals surface area (Å²) in [5.74, 6) is 0. The van der Waals surface area contributed by atoms with Crippen LogP contribution in [0.1, 0.15) is 29.5 Å². The van der Waals surface area contributed by atoms with Crippen LogP contribution in [0.2, 0.25) is 0 Å². The molecule has 0 saturated heterocycles. The van der Waals surface area contributed by atoms with Crippen LogP contribution >= 0.6 is 23.6 Å².